The van der Waals surface area contributed by atoms with Gasteiger partial charge < -0.3 is 15.2 Å². The van der Waals surface area contributed by atoms with Crippen LogP contribution < -0.4 is 15.2 Å². The van der Waals surface area contributed by atoms with Crippen LogP contribution in [0, 0.1) is 5.92 Å². The molecule has 1 saturated carbocycles. The summed E-state index contributed by atoms with van der Waals surface area (Å²) in [4.78, 5) is 12.8. The number of anilines is 1. The number of benzene rings is 2. The highest BCUT2D eigenvalue weighted by Gasteiger charge is 2.30. The maximum absolute atomic E-state index is 12.8. The lowest BCUT2D eigenvalue weighted by atomic mass is 9.89. The van der Waals surface area contributed by atoms with Gasteiger partial charge in [-0.15, -0.1) is 0 Å². The van der Waals surface area contributed by atoms with Crippen LogP contribution >= 0.6 is 0 Å². The predicted octanol–water partition coefficient (Wildman–Crippen LogP) is 4.76. The molecule has 2 aromatic carbocycles. The minimum atomic E-state index is 0.0361. The molecule has 1 amide bonds. The van der Waals surface area contributed by atoms with Crippen molar-refractivity contribution in [3.63, 3.8) is 0 Å². The van der Waals surface area contributed by atoms with Gasteiger partial charge in [-0.2, -0.15) is 5.10 Å². The number of carbonyl (C=O) groups is 1. The molecule has 1 unspecified atom stereocenters. The Balaban J connectivity index is 1.65. The van der Waals surface area contributed by atoms with Crippen molar-refractivity contribution in [2.75, 3.05) is 12.8 Å². The Bertz CT molecular complexity index is 966. The summed E-state index contributed by atoms with van der Waals surface area (Å²) in [6, 6.07) is 13.6. The molecule has 1 atom stereocenters. The first-order valence-electron chi connectivity index (χ1n) is 11.2. The highest BCUT2D eigenvalue weighted by atomic mass is 16.5. The second kappa shape index (κ2) is 9.41. The Kier molecular flexibility index (Phi) is 6.44. The summed E-state index contributed by atoms with van der Waals surface area (Å²) in [5.41, 5.74) is 9.45. The Morgan fingerprint density at radius 3 is 2.65 bits per heavy atom. The van der Waals surface area contributed by atoms with Crippen molar-refractivity contribution in [2.45, 2.75) is 58.1 Å². The van der Waals surface area contributed by atoms with Crippen LogP contribution in [0.3, 0.4) is 0 Å². The van der Waals surface area contributed by atoms with Crippen molar-refractivity contribution in [1.29, 1.82) is 0 Å². The molecule has 0 bridgehead atoms. The zero-order valence-electron chi connectivity index (χ0n) is 18.3. The lowest BCUT2D eigenvalue weighted by Gasteiger charge is -2.29. The summed E-state index contributed by atoms with van der Waals surface area (Å²) in [7, 11) is 1.66. The molecule has 6 nitrogen and oxygen atoms in total. The fraction of sp³-hybridized carbons (Fsp3) is 0.440. The summed E-state index contributed by atoms with van der Waals surface area (Å²) in [5, 5.41) is 6.37. The van der Waals surface area contributed by atoms with Gasteiger partial charge >= 0.3 is 0 Å². The molecule has 0 aromatic heterocycles. The van der Waals surface area contributed by atoms with Gasteiger partial charge in [-0.05, 0) is 68.0 Å². The third-order valence-electron chi connectivity index (χ3n) is 6.16. The number of rotatable bonds is 7. The van der Waals surface area contributed by atoms with E-state index in [1.165, 1.54) is 12.8 Å². The highest BCUT2D eigenvalue weighted by molar-refractivity contribution is 6.06. The van der Waals surface area contributed by atoms with Crippen LogP contribution in [0.25, 0.3) is 0 Å². The lowest BCUT2D eigenvalue weighted by Crippen LogP contribution is -2.36. The first kappa shape index (κ1) is 21.2. The molecule has 1 heterocycles. The molecule has 2 N–H and O–H groups in total. The van der Waals surface area contributed by atoms with E-state index in [0.717, 1.165) is 47.6 Å². The van der Waals surface area contributed by atoms with E-state index >= 15 is 0 Å². The largest absolute Gasteiger partial charge is 0.493 e. The van der Waals surface area contributed by atoms with Crippen LogP contribution in [0.4, 0.5) is 5.69 Å². The number of nitrogens with zero attached hydrogens (tertiary/aromatic N) is 2. The molecule has 4 rings (SSSR count). The van der Waals surface area contributed by atoms with E-state index in [4.69, 9.17) is 20.3 Å². The van der Waals surface area contributed by atoms with Crippen molar-refractivity contribution in [3.05, 3.63) is 53.6 Å². The lowest BCUT2D eigenvalue weighted by molar-refractivity contribution is -0.133. The van der Waals surface area contributed by atoms with Crippen LogP contribution in [0.2, 0.25) is 0 Å². The van der Waals surface area contributed by atoms with Crippen LogP contribution in [0.1, 0.15) is 56.6 Å². The zero-order chi connectivity index (χ0) is 21.8. The molecular weight excluding hydrogens is 390 g/mol. The van der Waals surface area contributed by atoms with Gasteiger partial charge in [0, 0.05) is 23.6 Å². The normalized spacial score (nSPS) is 19.4. The number of hydrogen-bond acceptors (Lipinski definition) is 5. The minimum Gasteiger partial charge on any atom is -0.493 e. The van der Waals surface area contributed by atoms with Crippen molar-refractivity contribution >= 4 is 17.3 Å². The fourth-order valence-electron chi connectivity index (χ4n) is 4.41. The third kappa shape index (κ3) is 4.84. The monoisotopic (exact) mass is 421 g/mol. The van der Waals surface area contributed by atoms with E-state index in [-0.39, 0.29) is 17.9 Å². The molecule has 6 heteroatoms. The zero-order valence-corrected chi connectivity index (χ0v) is 18.3. The molecule has 0 radical (unpaired) electrons. The van der Waals surface area contributed by atoms with Gasteiger partial charge in [0.2, 0.25) is 5.91 Å². The van der Waals surface area contributed by atoms with Gasteiger partial charge in [-0.1, -0.05) is 19.1 Å². The number of nitrogen functional groups attached to an aromatic ring is 1. The summed E-state index contributed by atoms with van der Waals surface area (Å²) >= 11 is 0. The van der Waals surface area contributed by atoms with Gasteiger partial charge in [0.15, 0.2) is 11.5 Å². The number of methoxy groups -OCH3 is 1. The van der Waals surface area contributed by atoms with Crippen molar-refractivity contribution in [1.82, 2.24) is 5.01 Å². The second-order valence-electron chi connectivity index (χ2n) is 8.38. The van der Waals surface area contributed by atoms with E-state index in [0.29, 0.717) is 18.7 Å². The first-order chi connectivity index (χ1) is 15.1. The van der Waals surface area contributed by atoms with Gasteiger partial charge in [-0.3, -0.25) is 4.79 Å². The SMILES string of the molecule is CCC1CC(=O)N(Cc2cccc(N)c2)N=C1c1ccc(OC)c(OC2CCCC2)c1. The molecule has 0 spiro atoms. The second-order valence-corrected chi connectivity index (χ2v) is 8.38. The quantitative estimate of drug-likeness (QED) is 0.654. The van der Waals surface area contributed by atoms with Crippen molar-refractivity contribution in [2.24, 2.45) is 11.0 Å². The van der Waals surface area contributed by atoms with Gasteiger partial charge in [0.1, 0.15) is 0 Å². The summed E-state index contributed by atoms with van der Waals surface area (Å²) < 4.78 is 11.8. The minimum absolute atomic E-state index is 0.0361. The molecule has 164 valence electrons. The molecule has 1 aliphatic carbocycles. The number of carbonyl (C=O) groups excluding carboxylic acids is 1. The van der Waals surface area contributed by atoms with E-state index in [2.05, 4.69) is 6.92 Å². The number of hydrazone groups is 1. The summed E-state index contributed by atoms with van der Waals surface area (Å²) in [6.45, 7) is 2.51. The topological polar surface area (TPSA) is 77.2 Å². The molecular formula is C25H31N3O3. The number of hydrogen-bond donors (Lipinski definition) is 1. The molecule has 1 fully saturated rings. The van der Waals surface area contributed by atoms with Crippen LogP contribution in [0.15, 0.2) is 47.6 Å². The Labute approximate surface area is 184 Å². The molecule has 2 aliphatic rings. The van der Waals surface area contributed by atoms with E-state index in [1.54, 1.807) is 12.1 Å². The highest BCUT2D eigenvalue weighted by Crippen LogP contribution is 2.34. The van der Waals surface area contributed by atoms with Crippen LogP contribution in [-0.2, 0) is 11.3 Å². The van der Waals surface area contributed by atoms with E-state index < -0.39 is 0 Å². The predicted molar refractivity (Wildman–Crippen MR) is 122 cm³/mol. The van der Waals surface area contributed by atoms with Gasteiger partial charge in [-0.25, -0.2) is 5.01 Å². The fourth-order valence-corrected chi connectivity index (χ4v) is 4.41. The van der Waals surface area contributed by atoms with Gasteiger partial charge in [0.25, 0.3) is 0 Å². The van der Waals surface area contributed by atoms with Crippen LogP contribution in [-0.4, -0.2) is 29.8 Å². The van der Waals surface area contributed by atoms with E-state index in [9.17, 15) is 4.79 Å². The number of nitrogens with two attached hydrogens (primary N) is 1. The molecule has 2 aromatic rings. The maximum atomic E-state index is 12.8. The van der Waals surface area contributed by atoms with E-state index in [1.807, 2.05) is 42.5 Å². The maximum Gasteiger partial charge on any atom is 0.243 e. The van der Waals surface area contributed by atoms with Crippen molar-refractivity contribution in [3.8, 4) is 11.5 Å². The molecule has 0 saturated heterocycles. The van der Waals surface area contributed by atoms with Crippen molar-refractivity contribution < 1.29 is 14.3 Å². The first-order valence-corrected chi connectivity index (χ1v) is 11.2. The standard InChI is InChI=1S/C25H31N3O3/c1-3-18-15-24(29)28(16-17-7-6-8-20(26)13-17)27-25(18)19-11-12-22(30-2)23(14-19)31-21-9-4-5-10-21/h6-8,11-14,18,21H,3-5,9-10,15-16,26H2,1-2H3. The number of ether oxygens (including phenoxy) is 2. The third-order valence-corrected chi connectivity index (χ3v) is 6.16. The van der Waals surface area contributed by atoms with Gasteiger partial charge in [0.05, 0.1) is 25.5 Å². The average Bonchev–Trinajstić information content (AvgIpc) is 3.28. The smallest absolute Gasteiger partial charge is 0.243 e. The summed E-state index contributed by atoms with van der Waals surface area (Å²) in [6.07, 6.45) is 6.10. The molecule has 1 aliphatic heterocycles. The molecule has 31 heavy (non-hydrogen) atoms. The Hall–Kier alpha value is -3.02. The average molecular weight is 422 g/mol. The summed E-state index contributed by atoms with van der Waals surface area (Å²) in [5.74, 6) is 1.60. The Morgan fingerprint density at radius 2 is 1.94 bits per heavy atom. The number of amides is 1. The Morgan fingerprint density at radius 1 is 1.13 bits per heavy atom. The van der Waals surface area contributed by atoms with Crippen LogP contribution in [0.5, 0.6) is 11.5 Å².